The number of likely N-dealkylation sites (tertiary alicyclic amines) is 1. The van der Waals surface area contributed by atoms with Gasteiger partial charge in [0.1, 0.15) is 0 Å². The first kappa shape index (κ1) is 25.8. The maximum Gasteiger partial charge on any atom is 0.191 e. The third-order valence-electron chi connectivity index (χ3n) is 4.93. The van der Waals surface area contributed by atoms with E-state index in [1.165, 1.54) is 5.56 Å². The molecular formula is C20H34ClIN4OS. The number of rotatable bonds is 9. The molecular weight excluding hydrogens is 507 g/mol. The summed E-state index contributed by atoms with van der Waals surface area (Å²) in [6.45, 7) is 5.06. The normalized spacial score (nSPS) is 17.1. The van der Waals surface area contributed by atoms with E-state index in [1.807, 2.05) is 37.0 Å². The van der Waals surface area contributed by atoms with Crippen molar-refractivity contribution in [1.29, 1.82) is 0 Å². The van der Waals surface area contributed by atoms with Gasteiger partial charge in [0.2, 0.25) is 0 Å². The standard InChI is InChI=1S/C20H33ClN4OS.HI/c1-22-20(23-15-19(27-3)16-6-4-7-17(21)14-16)24-18-8-11-25(12-9-18)10-5-13-26-2;/h4,6-7,14,18-19H,5,8-13,15H2,1-3H3,(H2,22,23,24);1H. The Hall–Kier alpha value is -0.220. The summed E-state index contributed by atoms with van der Waals surface area (Å²) in [6.07, 6.45) is 5.53. The summed E-state index contributed by atoms with van der Waals surface area (Å²) >= 11 is 7.96. The molecule has 1 aliphatic rings. The molecule has 1 saturated heterocycles. The molecule has 0 aromatic heterocycles. The second-order valence-corrected chi connectivity index (χ2v) is 8.32. The van der Waals surface area contributed by atoms with Gasteiger partial charge in [-0.15, -0.1) is 24.0 Å². The van der Waals surface area contributed by atoms with Crippen LogP contribution in [0.4, 0.5) is 0 Å². The van der Waals surface area contributed by atoms with Gasteiger partial charge in [0.15, 0.2) is 5.96 Å². The summed E-state index contributed by atoms with van der Waals surface area (Å²) in [5.41, 5.74) is 1.24. The molecule has 0 spiro atoms. The number of nitrogens with zero attached hydrogens (tertiary/aromatic N) is 2. The van der Waals surface area contributed by atoms with E-state index in [0.717, 1.165) is 63.0 Å². The average Bonchev–Trinajstić information content (AvgIpc) is 2.69. The lowest BCUT2D eigenvalue weighted by molar-refractivity contribution is 0.155. The molecule has 8 heteroatoms. The van der Waals surface area contributed by atoms with E-state index >= 15 is 0 Å². The Morgan fingerprint density at radius 2 is 2.14 bits per heavy atom. The zero-order valence-corrected chi connectivity index (χ0v) is 21.0. The number of piperidine rings is 1. The molecule has 1 fully saturated rings. The number of hydrogen-bond acceptors (Lipinski definition) is 4. The minimum atomic E-state index is 0. The van der Waals surface area contributed by atoms with E-state index in [9.17, 15) is 0 Å². The average molecular weight is 541 g/mol. The molecule has 1 aliphatic heterocycles. The third-order valence-corrected chi connectivity index (χ3v) is 6.18. The van der Waals surface area contributed by atoms with Crippen molar-refractivity contribution >= 4 is 53.3 Å². The van der Waals surface area contributed by atoms with Crippen molar-refractivity contribution in [3.63, 3.8) is 0 Å². The van der Waals surface area contributed by atoms with E-state index < -0.39 is 0 Å². The number of halogens is 2. The van der Waals surface area contributed by atoms with Crippen LogP contribution in [0.25, 0.3) is 0 Å². The lowest BCUT2D eigenvalue weighted by atomic mass is 10.1. The molecule has 1 aromatic rings. The van der Waals surface area contributed by atoms with Crippen LogP contribution in [0.1, 0.15) is 30.1 Å². The fourth-order valence-electron chi connectivity index (χ4n) is 3.35. The fourth-order valence-corrected chi connectivity index (χ4v) is 4.22. The number of aliphatic imine (C=N–C) groups is 1. The van der Waals surface area contributed by atoms with Gasteiger partial charge in [-0.25, -0.2) is 0 Å². The Bertz CT molecular complexity index is 585. The molecule has 1 heterocycles. The Morgan fingerprint density at radius 3 is 2.75 bits per heavy atom. The minimum absolute atomic E-state index is 0. The van der Waals surface area contributed by atoms with Crippen molar-refractivity contribution in [2.45, 2.75) is 30.6 Å². The van der Waals surface area contributed by atoms with Gasteiger partial charge in [-0.1, -0.05) is 23.7 Å². The lowest BCUT2D eigenvalue weighted by Gasteiger charge is -2.33. The first-order chi connectivity index (χ1) is 13.2. The molecule has 2 N–H and O–H groups in total. The quantitative estimate of drug-likeness (QED) is 0.214. The van der Waals surface area contributed by atoms with Crippen LogP contribution < -0.4 is 10.6 Å². The van der Waals surface area contributed by atoms with Crippen LogP contribution in [0.3, 0.4) is 0 Å². The smallest absolute Gasteiger partial charge is 0.191 e. The van der Waals surface area contributed by atoms with Gasteiger partial charge in [-0.2, -0.15) is 11.8 Å². The number of hydrogen-bond donors (Lipinski definition) is 2. The van der Waals surface area contributed by atoms with Crippen LogP contribution in [0.2, 0.25) is 5.02 Å². The largest absolute Gasteiger partial charge is 0.385 e. The first-order valence-electron chi connectivity index (χ1n) is 9.63. The predicted molar refractivity (Wildman–Crippen MR) is 134 cm³/mol. The zero-order valence-electron chi connectivity index (χ0n) is 17.1. The molecule has 0 radical (unpaired) electrons. The molecule has 0 saturated carbocycles. The second kappa shape index (κ2) is 14.7. The Balaban J connectivity index is 0.00000392. The van der Waals surface area contributed by atoms with Gasteiger partial charge < -0.3 is 20.3 Å². The number of methoxy groups -OCH3 is 1. The maximum absolute atomic E-state index is 6.14. The highest BCUT2D eigenvalue weighted by molar-refractivity contribution is 14.0. The maximum atomic E-state index is 6.14. The number of thioether (sulfide) groups is 1. The summed E-state index contributed by atoms with van der Waals surface area (Å²) < 4.78 is 5.14. The summed E-state index contributed by atoms with van der Waals surface area (Å²) in [6, 6.07) is 8.57. The zero-order chi connectivity index (χ0) is 19.5. The molecule has 0 amide bonds. The van der Waals surface area contributed by atoms with Crippen molar-refractivity contribution in [1.82, 2.24) is 15.5 Å². The Kier molecular flexibility index (Phi) is 13.6. The highest BCUT2D eigenvalue weighted by Crippen LogP contribution is 2.27. The fraction of sp³-hybridized carbons (Fsp3) is 0.650. The van der Waals surface area contributed by atoms with Crippen molar-refractivity contribution in [2.75, 3.05) is 53.2 Å². The molecule has 0 bridgehead atoms. The Labute approximate surface area is 196 Å². The molecule has 28 heavy (non-hydrogen) atoms. The van der Waals surface area contributed by atoms with Crippen LogP contribution in [-0.4, -0.2) is 70.1 Å². The molecule has 1 atom stereocenters. The number of benzene rings is 1. The van der Waals surface area contributed by atoms with Gasteiger partial charge in [0.25, 0.3) is 0 Å². The molecule has 1 unspecified atom stereocenters. The van der Waals surface area contributed by atoms with Crippen LogP contribution in [0.15, 0.2) is 29.3 Å². The van der Waals surface area contributed by atoms with Crippen molar-refractivity contribution < 1.29 is 4.74 Å². The number of guanidine groups is 1. The highest BCUT2D eigenvalue weighted by Gasteiger charge is 2.20. The van der Waals surface area contributed by atoms with E-state index in [4.69, 9.17) is 16.3 Å². The summed E-state index contributed by atoms with van der Waals surface area (Å²) in [5.74, 6) is 0.883. The summed E-state index contributed by atoms with van der Waals surface area (Å²) in [7, 11) is 3.60. The summed E-state index contributed by atoms with van der Waals surface area (Å²) in [5, 5.41) is 8.19. The second-order valence-electron chi connectivity index (χ2n) is 6.84. The van der Waals surface area contributed by atoms with Gasteiger partial charge in [-0.3, -0.25) is 4.99 Å². The molecule has 160 valence electrons. The van der Waals surface area contributed by atoms with Gasteiger partial charge in [-0.05, 0) is 43.2 Å². The van der Waals surface area contributed by atoms with Crippen LogP contribution in [-0.2, 0) is 4.74 Å². The van der Waals surface area contributed by atoms with Gasteiger partial charge >= 0.3 is 0 Å². The minimum Gasteiger partial charge on any atom is -0.385 e. The monoisotopic (exact) mass is 540 g/mol. The predicted octanol–water partition coefficient (Wildman–Crippen LogP) is 4.03. The SMILES string of the molecule is CN=C(NCC(SC)c1cccc(Cl)c1)NC1CCN(CCCOC)CC1.I. The topological polar surface area (TPSA) is 48.9 Å². The van der Waals surface area contributed by atoms with Crippen LogP contribution in [0, 0.1) is 0 Å². The number of ether oxygens (including phenoxy) is 1. The van der Waals surface area contributed by atoms with Crippen molar-refractivity contribution in [2.24, 2.45) is 4.99 Å². The van der Waals surface area contributed by atoms with Crippen molar-refractivity contribution in [3.05, 3.63) is 34.9 Å². The van der Waals surface area contributed by atoms with Crippen LogP contribution >= 0.6 is 47.3 Å². The lowest BCUT2D eigenvalue weighted by Crippen LogP contribution is -2.49. The van der Waals surface area contributed by atoms with Crippen molar-refractivity contribution in [3.8, 4) is 0 Å². The number of nitrogens with one attached hydrogen (secondary N) is 2. The molecule has 0 aliphatic carbocycles. The third kappa shape index (κ3) is 9.07. The van der Waals surface area contributed by atoms with Gasteiger partial charge in [0.05, 0.1) is 0 Å². The van der Waals surface area contributed by atoms with Gasteiger partial charge in [0, 0.05) is 63.3 Å². The van der Waals surface area contributed by atoms with E-state index in [2.05, 4.69) is 32.8 Å². The molecule has 2 rings (SSSR count). The van der Waals surface area contributed by atoms with Crippen LogP contribution in [0.5, 0.6) is 0 Å². The van der Waals surface area contributed by atoms with E-state index in [-0.39, 0.29) is 24.0 Å². The summed E-state index contributed by atoms with van der Waals surface area (Å²) in [4.78, 5) is 6.93. The Morgan fingerprint density at radius 1 is 1.39 bits per heavy atom. The van der Waals surface area contributed by atoms with E-state index in [0.29, 0.717) is 11.3 Å². The van der Waals surface area contributed by atoms with E-state index in [1.54, 1.807) is 7.11 Å². The molecule has 1 aromatic carbocycles. The highest BCUT2D eigenvalue weighted by atomic mass is 127. The molecule has 5 nitrogen and oxygen atoms in total. The first-order valence-corrected chi connectivity index (χ1v) is 11.3.